The fourth-order valence-electron chi connectivity index (χ4n) is 4.17. The van der Waals surface area contributed by atoms with E-state index in [9.17, 15) is 37.1 Å². The Morgan fingerprint density at radius 3 is 2.18 bits per heavy atom. The van der Waals surface area contributed by atoms with E-state index in [0.29, 0.717) is 37.4 Å². The Bertz CT molecular complexity index is 1650. The van der Waals surface area contributed by atoms with Crippen LogP contribution in [0.25, 0.3) is 11.2 Å². The fraction of sp³-hybridized carbons (Fsp3) is 0.429. The molecule has 0 aliphatic carbocycles. The Morgan fingerprint density at radius 2 is 1.66 bits per heavy atom. The molecule has 1 aromatic carbocycles. The molecule has 0 spiro atoms. The van der Waals surface area contributed by atoms with E-state index >= 15 is 0 Å². The van der Waals surface area contributed by atoms with E-state index in [2.05, 4.69) is 19.9 Å². The smallest absolute Gasteiger partial charge is 0.466 e. The van der Waals surface area contributed by atoms with E-state index in [1.807, 2.05) is 13.8 Å². The molecule has 44 heavy (non-hydrogen) atoms. The van der Waals surface area contributed by atoms with Crippen molar-refractivity contribution < 1.29 is 37.1 Å². The molecule has 0 saturated carbocycles. The minimum atomic E-state index is -5.43. The molecule has 0 amide bonds. The number of halogens is 3. The van der Waals surface area contributed by atoms with Crippen molar-refractivity contribution in [3.8, 4) is 0 Å². The molecule has 1 fully saturated rings. The predicted octanol–water partition coefficient (Wildman–Crippen LogP) is 1.71. The van der Waals surface area contributed by atoms with Gasteiger partial charge in [0.1, 0.15) is 0 Å². The Kier molecular flexibility index (Phi) is 11.2. The van der Waals surface area contributed by atoms with Gasteiger partial charge in [0, 0.05) is 45.2 Å². The first kappa shape index (κ1) is 33.8. The summed E-state index contributed by atoms with van der Waals surface area (Å²) < 4.78 is 45.6. The molecule has 0 atom stereocenters. The number of esters is 1. The van der Waals surface area contributed by atoms with E-state index in [4.69, 9.17) is 0 Å². The number of piperazine rings is 1. The summed E-state index contributed by atoms with van der Waals surface area (Å²) in [5, 5.41) is 3.17. The number of Topliss-reactive ketones (excluding diaryl/α,β-unsaturated/α-hetero) is 1. The number of ether oxygens (including phenoxy) is 1. The normalized spacial score (nSPS) is 13.1. The van der Waals surface area contributed by atoms with Crippen LogP contribution in [0.5, 0.6) is 0 Å². The van der Waals surface area contributed by atoms with Crippen molar-refractivity contribution in [3.63, 3.8) is 0 Å². The molecule has 238 valence electrons. The summed E-state index contributed by atoms with van der Waals surface area (Å²) in [5.41, 5.74) is -2.18. The zero-order valence-electron chi connectivity index (χ0n) is 24.6. The number of hydrogen-bond acceptors (Lipinski definition) is 10. The number of benzene rings is 1. The van der Waals surface area contributed by atoms with Crippen molar-refractivity contribution in [2.75, 3.05) is 37.7 Å². The molecule has 2 aromatic heterocycles. The summed E-state index contributed by atoms with van der Waals surface area (Å²) >= 11 is 0. The zero-order valence-corrected chi connectivity index (χ0v) is 24.6. The van der Waals surface area contributed by atoms with Crippen LogP contribution in [0.1, 0.15) is 38.1 Å². The van der Waals surface area contributed by atoms with E-state index in [1.54, 1.807) is 36.1 Å². The molecule has 1 saturated heterocycles. The van der Waals surface area contributed by atoms with Crippen LogP contribution in [0.15, 0.2) is 51.6 Å². The molecule has 1 N–H and O–H groups in total. The third kappa shape index (κ3) is 8.21. The molecule has 1 aliphatic rings. The minimum Gasteiger partial charge on any atom is -0.466 e. The number of carbonyl (C=O) groups excluding carboxylic acids is 3. The fourth-order valence-corrected chi connectivity index (χ4v) is 4.17. The van der Waals surface area contributed by atoms with Crippen LogP contribution in [0.3, 0.4) is 0 Å². The highest BCUT2D eigenvalue weighted by Gasteiger charge is 2.43. The highest BCUT2D eigenvalue weighted by molar-refractivity contribution is 5.96. The predicted molar refractivity (Wildman–Crippen MR) is 153 cm³/mol. The van der Waals surface area contributed by atoms with Gasteiger partial charge in [-0.3, -0.25) is 14.4 Å². The number of anilines is 1. The molecule has 0 bridgehead atoms. The largest absolute Gasteiger partial charge is 0.493 e. The van der Waals surface area contributed by atoms with E-state index < -0.39 is 41.4 Å². The third-order valence-electron chi connectivity index (χ3n) is 6.21. The number of carbonyl (C=O) groups is 3. The Labute approximate surface area is 249 Å². The molecule has 16 heteroatoms. The lowest BCUT2D eigenvalue weighted by Gasteiger charge is -2.28. The van der Waals surface area contributed by atoms with Crippen molar-refractivity contribution >= 4 is 34.8 Å². The topological polar surface area (TPSA) is 147 Å². The number of alkyl halides is 3. The van der Waals surface area contributed by atoms with Crippen LogP contribution in [-0.4, -0.2) is 75.5 Å². The Balaban J connectivity index is 0.000000801. The maximum atomic E-state index is 13.6. The van der Waals surface area contributed by atoms with Gasteiger partial charge in [0.25, 0.3) is 5.56 Å². The quantitative estimate of drug-likeness (QED) is 0.224. The molecular formula is C28H33F3N6O7. The van der Waals surface area contributed by atoms with Crippen molar-refractivity contribution in [1.29, 1.82) is 0 Å². The number of allylic oxidation sites excluding steroid dienone is 2. The SMILES string of the molecule is CC(C)=CCn1c(N2CCNCC2)nc2c1c(=O)n(CC(=O)c1ccccc1)c(=O)n2OC(=O)C(F)(F)F.CCOC(C)=O. The standard InChI is InChI=1S/C24H25F3N6O5.C4H8O2/c1-15(2)8-11-31-18-19(29-22(31)30-12-9-28-10-13-30)33(38-21(36)24(25,26)27)23(37)32(20(18)35)14-17(34)16-6-4-3-5-7-16;1-3-6-4(2)5/h3-8,28H,9-14H2,1-2H3;3H2,1-2H3. The lowest BCUT2D eigenvalue weighted by atomic mass is 10.1. The summed E-state index contributed by atoms with van der Waals surface area (Å²) in [5.74, 6) is -3.32. The second-order valence-electron chi connectivity index (χ2n) is 9.77. The number of imidazole rings is 1. The summed E-state index contributed by atoms with van der Waals surface area (Å²) in [6.45, 7) is 8.68. The number of rotatable bonds is 8. The first-order valence-electron chi connectivity index (χ1n) is 13.6. The lowest BCUT2D eigenvalue weighted by molar-refractivity contribution is -0.200. The van der Waals surface area contributed by atoms with Gasteiger partial charge in [-0.1, -0.05) is 46.7 Å². The van der Waals surface area contributed by atoms with Crippen LogP contribution in [0.4, 0.5) is 19.1 Å². The van der Waals surface area contributed by atoms with Crippen molar-refractivity contribution in [3.05, 3.63) is 68.4 Å². The van der Waals surface area contributed by atoms with Crippen LogP contribution in [0, 0.1) is 0 Å². The highest BCUT2D eigenvalue weighted by Crippen LogP contribution is 2.22. The van der Waals surface area contributed by atoms with Crippen LogP contribution < -0.4 is 26.3 Å². The second kappa shape index (κ2) is 14.6. The van der Waals surface area contributed by atoms with Gasteiger partial charge in [-0.15, -0.1) is 0 Å². The number of hydrogen-bond donors (Lipinski definition) is 1. The molecule has 13 nitrogen and oxygen atoms in total. The number of ketones is 1. The van der Waals surface area contributed by atoms with Gasteiger partial charge in [-0.25, -0.2) is 14.2 Å². The zero-order chi connectivity index (χ0) is 32.6. The average molecular weight is 623 g/mol. The number of nitrogens with one attached hydrogen (secondary N) is 1. The molecule has 0 radical (unpaired) electrons. The summed E-state index contributed by atoms with van der Waals surface area (Å²) in [6, 6.07) is 7.76. The first-order chi connectivity index (χ1) is 20.8. The molecule has 3 aromatic rings. The van der Waals surface area contributed by atoms with E-state index in [-0.39, 0.29) is 34.3 Å². The molecule has 0 unspecified atom stereocenters. The molecule has 1 aliphatic heterocycles. The maximum absolute atomic E-state index is 13.6. The van der Waals surface area contributed by atoms with Crippen LogP contribution in [-0.2, 0) is 27.4 Å². The van der Waals surface area contributed by atoms with Crippen LogP contribution in [0.2, 0.25) is 0 Å². The summed E-state index contributed by atoms with van der Waals surface area (Å²) in [6.07, 6.45) is -3.67. The minimum absolute atomic E-state index is 0.0372. The Hall–Kier alpha value is -4.73. The number of nitrogens with zero attached hydrogens (tertiary/aromatic N) is 5. The van der Waals surface area contributed by atoms with Crippen molar-refractivity contribution in [1.82, 2.24) is 24.2 Å². The van der Waals surface area contributed by atoms with Crippen molar-refractivity contribution in [2.45, 2.75) is 47.0 Å². The van der Waals surface area contributed by atoms with E-state index in [0.717, 1.165) is 5.57 Å². The number of fused-ring (bicyclic) bond motifs is 1. The summed E-state index contributed by atoms with van der Waals surface area (Å²) in [7, 11) is 0. The molecule has 4 rings (SSSR count). The second-order valence-corrected chi connectivity index (χ2v) is 9.77. The monoisotopic (exact) mass is 622 g/mol. The molecule has 3 heterocycles. The summed E-state index contributed by atoms with van der Waals surface area (Å²) in [4.78, 5) is 71.8. The molecular weight excluding hydrogens is 589 g/mol. The Morgan fingerprint density at radius 1 is 1.02 bits per heavy atom. The highest BCUT2D eigenvalue weighted by atomic mass is 19.4. The average Bonchev–Trinajstić information content (AvgIpc) is 3.36. The van der Waals surface area contributed by atoms with Crippen LogP contribution >= 0.6 is 0 Å². The third-order valence-corrected chi connectivity index (χ3v) is 6.21. The van der Waals surface area contributed by atoms with Gasteiger partial charge in [0.05, 0.1) is 13.2 Å². The van der Waals surface area contributed by atoms with Gasteiger partial charge in [-0.05, 0) is 20.8 Å². The van der Waals surface area contributed by atoms with Gasteiger partial charge in [0.2, 0.25) is 11.6 Å². The van der Waals surface area contributed by atoms with Gasteiger partial charge in [-0.2, -0.15) is 18.2 Å². The first-order valence-corrected chi connectivity index (χ1v) is 13.6. The lowest BCUT2D eigenvalue weighted by Crippen LogP contribution is -2.47. The number of aromatic nitrogens is 4. The van der Waals surface area contributed by atoms with Crippen molar-refractivity contribution in [2.24, 2.45) is 0 Å². The van der Waals surface area contributed by atoms with E-state index in [1.165, 1.54) is 23.6 Å². The van der Waals surface area contributed by atoms with Gasteiger partial charge < -0.3 is 24.4 Å². The van der Waals surface area contributed by atoms with Gasteiger partial charge >= 0.3 is 23.8 Å². The maximum Gasteiger partial charge on any atom is 0.493 e. The van der Waals surface area contributed by atoms with Gasteiger partial charge in [0.15, 0.2) is 11.3 Å².